The molecule has 3 N–H and O–H groups in total. The third-order valence-corrected chi connectivity index (χ3v) is 3.84. The number of amides is 2. The molecule has 26 heavy (non-hydrogen) atoms. The first-order valence-electron chi connectivity index (χ1n) is 8.43. The van der Waals surface area contributed by atoms with E-state index in [1.807, 2.05) is 24.3 Å². The van der Waals surface area contributed by atoms with Crippen LogP contribution in [0, 0.1) is 5.92 Å². The van der Waals surface area contributed by atoms with E-state index < -0.39 is 0 Å². The van der Waals surface area contributed by atoms with Crippen LogP contribution in [-0.4, -0.2) is 23.3 Å². The summed E-state index contributed by atoms with van der Waals surface area (Å²) in [5.74, 6) is 1.20. The van der Waals surface area contributed by atoms with Crippen molar-refractivity contribution in [1.29, 1.82) is 0 Å². The number of methoxy groups -OCH3 is 1. The smallest absolute Gasteiger partial charge is 0.323 e. The average Bonchev–Trinajstić information content (AvgIpc) is 3.02. The summed E-state index contributed by atoms with van der Waals surface area (Å²) in [6.07, 6.45) is 4.11. The number of anilines is 2. The number of hydrogen-bond donors (Lipinski definition) is 3. The molecule has 2 amide bonds. The molecule has 1 heterocycles. The second kappa shape index (κ2) is 7.74. The van der Waals surface area contributed by atoms with Gasteiger partial charge in [-0.2, -0.15) is 5.10 Å². The third-order valence-electron chi connectivity index (χ3n) is 3.84. The Morgan fingerprint density at radius 1 is 1.12 bits per heavy atom. The topological polar surface area (TPSA) is 79.0 Å². The van der Waals surface area contributed by atoms with Gasteiger partial charge in [0.05, 0.1) is 18.3 Å². The molecule has 0 aliphatic carbocycles. The molecule has 0 saturated carbocycles. The van der Waals surface area contributed by atoms with Gasteiger partial charge in [0, 0.05) is 16.8 Å². The summed E-state index contributed by atoms with van der Waals surface area (Å²) in [6.45, 7) is 4.24. The Bertz CT molecular complexity index is 927. The molecule has 3 aromatic rings. The maximum atomic E-state index is 12.2. The molecule has 6 nitrogen and oxygen atoms in total. The minimum absolute atomic E-state index is 0.311. The molecule has 0 aliphatic heterocycles. The number of hydrogen-bond acceptors (Lipinski definition) is 3. The SMILES string of the molecule is COc1ccc(NC(=O)Nc2ccc3c(/C=C/C(C)C)n[nH]c3c2)cc1. The minimum atomic E-state index is -0.311. The van der Waals surface area contributed by atoms with E-state index in [1.165, 1.54) is 0 Å². The number of nitrogens with one attached hydrogen (secondary N) is 3. The molecule has 2 aromatic carbocycles. The molecule has 0 bridgehead atoms. The molecule has 0 aliphatic rings. The number of allylic oxidation sites excluding steroid dienone is 1. The van der Waals surface area contributed by atoms with Gasteiger partial charge in [0.15, 0.2) is 0 Å². The van der Waals surface area contributed by atoms with Crippen LogP contribution in [0.1, 0.15) is 19.5 Å². The second-order valence-corrected chi connectivity index (χ2v) is 6.28. The summed E-state index contributed by atoms with van der Waals surface area (Å²) in [5, 5.41) is 13.9. The molecule has 0 atom stereocenters. The van der Waals surface area contributed by atoms with Crippen molar-refractivity contribution in [2.75, 3.05) is 17.7 Å². The molecule has 1 aromatic heterocycles. The molecular weight excluding hydrogens is 328 g/mol. The first kappa shape index (κ1) is 17.5. The number of rotatable bonds is 5. The Labute approximate surface area is 152 Å². The number of nitrogens with zero attached hydrogens (tertiary/aromatic N) is 1. The largest absolute Gasteiger partial charge is 0.497 e. The van der Waals surface area contributed by atoms with Crippen molar-refractivity contribution in [3.05, 3.63) is 54.2 Å². The Kier molecular flexibility index (Phi) is 5.22. The molecule has 0 spiro atoms. The van der Waals surface area contributed by atoms with Gasteiger partial charge in [0.25, 0.3) is 0 Å². The normalized spacial score (nSPS) is 11.2. The highest BCUT2D eigenvalue weighted by molar-refractivity contribution is 6.01. The van der Waals surface area contributed by atoms with E-state index >= 15 is 0 Å². The molecule has 3 rings (SSSR count). The third kappa shape index (κ3) is 4.22. The number of carbonyl (C=O) groups excluding carboxylic acids is 1. The maximum absolute atomic E-state index is 12.2. The van der Waals surface area contributed by atoms with Crippen molar-refractivity contribution in [2.24, 2.45) is 5.92 Å². The summed E-state index contributed by atoms with van der Waals surface area (Å²) in [5.41, 5.74) is 3.14. The standard InChI is InChI=1S/C20H22N4O2/c1-13(2)4-11-18-17-10-7-15(12-19(17)24-23-18)22-20(25)21-14-5-8-16(26-3)9-6-14/h4-13H,1-3H3,(H,23,24)(H2,21,22,25)/b11-4+. The number of ether oxygens (including phenoxy) is 1. The van der Waals surface area contributed by atoms with E-state index in [-0.39, 0.29) is 6.03 Å². The van der Waals surface area contributed by atoms with E-state index in [9.17, 15) is 4.79 Å². The van der Waals surface area contributed by atoms with E-state index in [1.54, 1.807) is 31.4 Å². The first-order valence-corrected chi connectivity index (χ1v) is 8.43. The maximum Gasteiger partial charge on any atom is 0.323 e. The fourth-order valence-corrected chi connectivity index (χ4v) is 2.50. The highest BCUT2D eigenvalue weighted by Gasteiger charge is 2.07. The van der Waals surface area contributed by atoms with E-state index in [2.05, 4.69) is 40.8 Å². The van der Waals surface area contributed by atoms with Crippen molar-refractivity contribution in [2.45, 2.75) is 13.8 Å². The second-order valence-electron chi connectivity index (χ2n) is 6.28. The molecule has 0 fully saturated rings. The van der Waals surface area contributed by atoms with Gasteiger partial charge in [-0.05, 0) is 54.5 Å². The van der Waals surface area contributed by atoms with Gasteiger partial charge in [0.1, 0.15) is 5.75 Å². The highest BCUT2D eigenvalue weighted by atomic mass is 16.5. The lowest BCUT2D eigenvalue weighted by molar-refractivity contribution is 0.262. The predicted octanol–water partition coefficient (Wildman–Crippen LogP) is 4.88. The van der Waals surface area contributed by atoms with E-state index in [0.29, 0.717) is 17.3 Å². The van der Waals surface area contributed by atoms with Crippen molar-refractivity contribution in [1.82, 2.24) is 10.2 Å². The number of carbonyl (C=O) groups is 1. The number of H-pyrrole nitrogens is 1. The quantitative estimate of drug-likeness (QED) is 0.613. The zero-order valence-electron chi connectivity index (χ0n) is 15.0. The summed E-state index contributed by atoms with van der Waals surface area (Å²) >= 11 is 0. The number of urea groups is 1. The molecule has 0 unspecified atom stereocenters. The fourth-order valence-electron chi connectivity index (χ4n) is 2.50. The van der Waals surface area contributed by atoms with Crippen molar-refractivity contribution >= 4 is 34.4 Å². The van der Waals surface area contributed by atoms with Crippen molar-refractivity contribution in [3.63, 3.8) is 0 Å². The van der Waals surface area contributed by atoms with Crippen LogP contribution >= 0.6 is 0 Å². The summed E-state index contributed by atoms with van der Waals surface area (Å²) in [7, 11) is 1.60. The van der Waals surface area contributed by atoms with Crippen molar-refractivity contribution in [3.8, 4) is 5.75 Å². The van der Waals surface area contributed by atoms with Crippen LogP contribution in [0.5, 0.6) is 5.75 Å². The minimum Gasteiger partial charge on any atom is -0.497 e. The Morgan fingerprint density at radius 2 is 1.81 bits per heavy atom. The Balaban J connectivity index is 1.69. The summed E-state index contributed by atoms with van der Waals surface area (Å²) in [6, 6.07) is 12.5. The van der Waals surface area contributed by atoms with Gasteiger partial charge in [0.2, 0.25) is 0 Å². The highest BCUT2D eigenvalue weighted by Crippen LogP contribution is 2.22. The fraction of sp³-hybridized carbons (Fsp3) is 0.200. The van der Waals surface area contributed by atoms with E-state index in [4.69, 9.17) is 4.74 Å². The zero-order valence-corrected chi connectivity index (χ0v) is 15.0. The Morgan fingerprint density at radius 3 is 2.50 bits per heavy atom. The molecule has 134 valence electrons. The zero-order chi connectivity index (χ0) is 18.5. The first-order chi connectivity index (χ1) is 12.5. The van der Waals surface area contributed by atoms with Gasteiger partial charge in [-0.1, -0.05) is 19.9 Å². The van der Waals surface area contributed by atoms with Crippen LogP contribution < -0.4 is 15.4 Å². The number of aromatic amines is 1. The number of fused-ring (bicyclic) bond motifs is 1. The molecule has 0 radical (unpaired) electrons. The van der Waals surface area contributed by atoms with Crippen LogP contribution in [-0.2, 0) is 0 Å². The summed E-state index contributed by atoms with van der Waals surface area (Å²) in [4.78, 5) is 12.2. The van der Waals surface area contributed by atoms with Crippen molar-refractivity contribution < 1.29 is 9.53 Å². The lowest BCUT2D eigenvalue weighted by Gasteiger charge is -2.08. The van der Waals surface area contributed by atoms with Gasteiger partial charge >= 0.3 is 6.03 Å². The lowest BCUT2D eigenvalue weighted by Crippen LogP contribution is -2.19. The predicted molar refractivity (Wildman–Crippen MR) is 106 cm³/mol. The van der Waals surface area contributed by atoms with Crippen LogP contribution in [0.4, 0.5) is 16.2 Å². The number of aromatic nitrogens is 2. The van der Waals surface area contributed by atoms with Gasteiger partial charge in [-0.25, -0.2) is 4.79 Å². The average molecular weight is 350 g/mol. The lowest BCUT2D eigenvalue weighted by atomic mass is 10.1. The molecule has 0 saturated heterocycles. The summed E-state index contributed by atoms with van der Waals surface area (Å²) < 4.78 is 5.10. The van der Waals surface area contributed by atoms with Gasteiger partial charge in [-0.3, -0.25) is 5.10 Å². The van der Waals surface area contributed by atoms with Gasteiger partial charge in [-0.15, -0.1) is 0 Å². The van der Waals surface area contributed by atoms with Crippen LogP contribution in [0.3, 0.4) is 0 Å². The van der Waals surface area contributed by atoms with E-state index in [0.717, 1.165) is 22.3 Å². The molecular formula is C20H22N4O2. The number of benzene rings is 2. The van der Waals surface area contributed by atoms with Crippen LogP contribution in [0.25, 0.3) is 17.0 Å². The van der Waals surface area contributed by atoms with Crippen LogP contribution in [0.15, 0.2) is 48.5 Å². The van der Waals surface area contributed by atoms with Crippen LogP contribution in [0.2, 0.25) is 0 Å². The van der Waals surface area contributed by atoms with Gasteiger partial charge < -0.3 is 15.4 Å². The Hall–Kier alpha value is -3.28. The monoisotopic (exact) mass is 350 g/mol. The molecule has 6 heteroatoms.